The lowest BCUT2D eigenvalue weighted by molar-refractivity contribution is -0.136. The van der Waals surface area contributed by atoms with Gasteiger partial charge in [-0.2, -0.15) is 0 Å². The zero-order valence-corrected chi connectivity index (χ0v) is 14.3. The summed E-state index contributed by atoms with van der Waals surface area (Å²) in [5.41, 5.74) is 1.53. The summed E-state index contributed by atoms with van der Waals surface area (Å²) in [6.07, 6.45) is 7.92. The van der Waals surface area contributed by atoms with Crippen LogP contribution in [0.25, 0.3) is 6.08 Å². The molecule has 0 atom stereocenters. The number of ether oxygens (including phenoxy) is 2. The number of carbonyl (C=O) groups is 1. The van der Waals surface area contributed by atoms with Crippen LogP contribution < -0.4 is 4.74 Å². The largest absolute Gasteiger partial charge is 0.488 e. The molecule has 0 aliphatic rings. The van der Waals surface area contributed by atoms with E-state index in [1.807, 2.05) is 0 Å². The van der Waals surface area contributed by atoms with Crippen LogP contribution in [0.5, 0.6) is 5.75 Å². The minimum Gasteiger partial charge on any atom is -0.488 e. The van der Waals surface area contributed by atoms with Crippen LogP contribution in [-0.4, -0.2) is 12.6 Å². The average Bonchev–Trinajstić information content (AvgIpc) is 2.57. The van der Waals surface area contributed by atoms with Crippen molar-refractivity contribution in [2.24, 2.45) is 0 Å². The Kier molecular flexibility index (Phi) is 6.59. The van der Waals surface area contributed by atoms with Crippen LogP contribution in [0.4, 0.5) is 4.39 Å². The fourth-order valence-electron chi connectivity index (χ4n) is 1.85. The van der Waals surface area contributed by atoms with Gasteiger partial charge in [0, 0.05) is 6.08 Å². The minimum absolute atomic E-state index is 0.0558. The van der Waals surface area contributed by atoms with Crippen molar-refractivity contribution in [3.63, 3.8) is 0 Å². The molecule has 0 unspecified atom stereocenters. The Morgan fingerprint density at radius 3 is 2.83 bits per heavy atom. The number of rotatable bonds is 6. The van der Waals surface area contributed by atoms with Crippen LogP contribution in [0.2, 0.25) is 0 Å². The van der Waals surface area contributed by atoms with Crippen molar-refractivity contribution in [3.8, 4) is 18.1 Å². The Hall–Kier alpha value is -2.58. The Bertz CT molecular complexity index is 793. The number of carbonyl (C=O) groups excluding carboxylic acids is 1. The second-order valence-corrected chi connectivity index (χ2v) is 5.61. The third-order valence-corrected chi connectivity index (χ3v) is 3.57. The predicted octanol–water partition coefficient (Wildman–Crippen LogP) is 4.36. The molecule has 0 aliphatic heterocycles. The van der Waals surface area contributed by atoms with Gasteiger partial charge in [-0.15, -0.1) is 6.42 Å². The molecule has 5 heteroatoms. The van der Waals surface area contributed by atoms with Gasteiger partial charge in [0.05, 0.1) is 4.47 Å². The number of hydrogen-bond donors (Lipinski definition) is 0. The van der Waals surface area contributed by atoms with Crippen molar-refractivity contribution in [3.05, 3.63) is 70.0 Å². The maximum atomic E-state index is 13.1. The Morgan fingerprint density at radius 1 is 1.29 bits per heavy atom. The SMILES string of the molecule is C#CCOC(=O)/C=C/c1ccc(OCc2cccc(F)c2)c(Br)c1. The highest BCUT2D eigenvalue weighted by Gasteiger charge is 2.04. The summed E-state index contributed by atoms with van der Waals surface area (Å²) in [5.74, 6) is 2.03. The molecule has 0 N–H and O–H groups in total. The standard InChI is InChI=1S/C19H14BrFO3/c1-2-10-23-19(22)9-7-14-6-8-18(17(20)12-14)24-13-15-4-3-5-16(21)11-15/h1,3-9,11-12H,10,13H2/b9-7+. The molecule has 0 saturated carbocycles. The normalized spacial score (nSPS) is 10.4. The summed E-state index contributed by atoms with van der Waals surface area (Å²) in [6, 6.07) is 11.6. The summed E-state index contributed by atoms with van der Waals surface area (Å²) in [4.78, 5) is 11.3. The van der Waals surface area contributed by atoms with E-state index in [0.717, 1.165) is 15.6 Å². The van der Waals surface area contributed by atoms with E-state index in [1.54, 1.807) is 36.4 Å². The molecule has 0 fully saturated rings. The number of terminal acetylenes is 1. The average molecular weight is 389 g/mol. The van der Waals surface area contributed by atoms with Crippen LogP contribution >= 0.6 is 15.9 Å². The lowest BCUT2D eigenvalue weighted by atomic mass is 10.2. The Labute approximate surface area is 148 Å². The molecule has 2 aromatic rings. The Balaban J connectivity index is 1.98. The molecular weight excluding hydrogens is 375 g/mol. The van der Waals surface area contributed by atoms with Gasteiger partial charge in [-0.25, -0.2) is 9.18 Å². The van der Waals surface area contributed by atoms with Gasteiger partial charge >= 0.3 is 5.97 Å². The molecule has 0 radical (unpaired) electrons. The van der Waals surface area contributed by atoms with E-state index in [2.05, 4.69) is 21.9 Å². The zero-order valence-electron chi connectivity index (χ0n) is 12.7. The molecule has 3 nitrogen and oxygen atoms in total. The monoisotopic (exact) mass is 388 g/mol. The molecule has 0 aliphatic carbocycles. The van der Waals surface area contributed by atoms with E-state index in [-0.39, 0.29) is 19.0 Å². The van der Waals surface area contributed by atoms with Gasteiger partial charge in [-0.3, -0.25) is 0 Å². The second-order valence-electron chi connectivity index (χ2n) is 4.75. The summed E-state index contributed by atoms with van der Waals surface area (Å²) >= 11 is 3.41. The van der Waals surface area contributed by atoms with Crippen LogP contribution in [0.3, 0.4) is 0 Å². The molecule has 0 bridgehead atoms. The highest BCUT2D eigenvalue weighted by Crippen LogP contribution is 2.27. The summed E-state index contributed by atoms with van der Waals surface area (Å²) in [7, 11) is 0. The third kappa shape index (κ3) is 5.56. The van der Waals surface area contributed by atoms with Crippen molar-refractivity contribution in [2.45, 2.75) is 6.61 Å². The van der Waals surface area contributed by atoms with E-state index in [0.29, 0.717) is 5.75 Å². The maximum absolute atomic E-state index is 13.1. The molecule has 122 valence electrons. The zero-order chi connectivity index (χ0) is 17.4. The van der Waals surface area contributed by atoms with Gasteiger partial charge in [-0.05, 0) is 57.4 Å². The smallest absolute Gasteiger partial charge is 0.331 e. The molecule has 24 heavy (non-hydrogen) atoms. The first-order valence-corrected chi connectivity index (χ1v) is 7.83. The lowest BCUT2D eigenvalue weighted by Gasteiger charge is -2.09. The summed E-state index contributed by atoms with van der Waals surface area (Å²) < 4.78 is 24.2. The van der Waals surface area contributed by atoms with Gasteiger partial charge in [0.2, 0.25) is 0 Å². The van der Waals surface area contributed by atoms with Crippen molar-refractivity contribution >= 4 is 28.0 Å². The number of hydrogen-bond acceptors (Lipinski definition) is 3. The molecule has 2 aromatic carbocycles. The first kappa shape index (κ1) is 17.8. The highest BCUT2D eigenvalue weighted by molar-refractivity contribution is 9.10. The van der Waals surface area contributed by atoms with E-state index in [4.69, 9.17) is 15.9 Å². The van der Waals surface area contributed by atoms with Crippen LogP contribution in [-0.2, 0) is 16.1 Å². The van der Waals surface area contributed by atoms with Crippen molar-refractivity contribution in [2.75, 3.05) is 6.61 Å². The summed E-state index contributed by atoms with van der Waals surface area (Å²) in [6.45, 7) is 0.198. The topological polar surface area (TPSA) is 35.5 Å². The fourth-order valence-corrected chi connectivity index (χ4v) is 2.36. The molecular formula is C19H14BrFO3. The highest BCUT2D eigenvalue weighted by atomic mass is 79.9. The van der Waals surface area contributed by atoms with Crippen molar-refractivity contribution in [1.82, 2.24) is 0 Å². The molecule has 0 spiro atoms. The van der Waals surface area contributed by atoms with Gasteiger partial charge in [-0.1, -0.05) is 24.1 Å². The van der Waals surface area contributed by atoms with Crippen LogP contribution in [0.1, 0.15) is 11.1 Å². The molecule has 0 heterocycles. The van der Waals surface area contributed by atoms with E-state index < -0.39 is 5.97 Å². The van der Waals surface area contributed by atoms with Gasteiger partial charge < -0.3 is 9.47 Å². The molecule has 0 saturated heterocycles. The van der Waals surface area contributed by atoms with Gasteiger partial charge in [0.1, 0.15) is 18.2 Å². The van der Waals surface area contributed by atoms with Gasteiger partial charge in [0.15, 0.2) is 6.61 Å². The van der Waals surface area contributed by atoms with Crippen molar-refractivity contribution in [1.29, 1.82) is 0 Å². The Morgan fingerprint density at radius 2 is 2.12 bits per heavy atom. The minimum atomic E-state index is -0.504. The van der Waals surface area contributed by atoms with E-state index in [1.165, 1.54) is 18.2 Å². The van der Waals surface area contributed by atoms with E-state index >= 15 is 0 Å². The molecule has 2 rings (SSSR count). The first-order valence-electron chi connectivity index (χ1n) is 7.03. The fraction of sp³-hybridized carbons (Fsp3) is 0.105. The third-order valence-electron chi connectivity index (χ3n) is 2.95. The van der Waals surface area contributed by atoms with E-state index in [9.17, 15) is 9.18 Å². The van der Waals surface area contributed by atoms with Gasteiger partial charge in [0.25, 0.3) is 0 Å². The van der Waals surface area contributed by atoms with Crippen LogP contribution in [0, 0.1) is 18.2 Å². The molecule has 0 aromatic heterocycles. The summed E-state index contributed by atoms with van der Waals surface area (Å²) in [5, 5.41) is 0. The second kappa shape index (κ2) is 8.90. The first-order chi connectivity index (χ1) is 11.6. The number of esters is 1. The van der Waals surface area contributed by atoms with Crippen molar-refractivity contribution < 1.29 is 18.7 Å². The quantitative estimate of drug-likeness (QED) is 0.419. The lowest BCUT2D eigenvalue weighted by Crippen LogP contribution is -2.00. The number of halogens is 2. The van der Waals surface area contributed by atoms with Crippen LogP contribution in [0.15, 0.2) is 53.0 Å². The number of benzene rings is 2. The maximum Gasteiger partial charge on any atom is 0.331 e. The predicted molar refractivity (Wildman–Crippen MR) is 93.7 cm³/mol. The molecule has 0 amide bonds.